The fraction of sp³-hybridized carbons (Fsp3) is 0.409. The smallest absolute Gasteiger partial charge is 0.251 e. The maximum atomic E-state index is 12.7. The highest BCUT2D eigenvalue weighted by atomic mass is 32.2. The minimum absolute atomic E-state index is 0.124. The monoisotopic (exact) mass is 415 g/mol. The quantitative estimate of drug-likeness (QED) is 0.754. The SMILES string of the molecule is CC(C)N(C)S(=O)(=O)c1cccc(C(=O)NCc2ccccc2N2CCCC2)c1. The highest BCUT2D eigenvalue weighted by Crippen LogP contribution is 2.24. The number of carbonyl (C=O) groups excluding carboxylic acids is 1. The van der Waals surface area contributed by atoms with Crippen LogP contribution in [0.2, 0.25) is 0 Å². The number of sulfonamides is 1. The van der Waals surface area contributed by atoms with Crippen molar-refractivity contribution in [2.24, 2.45) is 0 Å². The van der Waals surface area contributed by atoms with E-state index in [2.05, 4.69) is 16.3 Å². The van der Waals surface area contributed by atoms with Gasteiger partial charge in [-0.2, -0.15) is 4.31 Å². The zero-order chi connectivity index (χ0) is 21.0. The number of rotatable bonds is 7. The van der Waals surface area contributed by atoms with Crippen molar-refractivity contribution in [3.8, 4) is 0 Å². The molecule has 0 unspecified atom stereocenters. The molecule has 0 atom stereocenters. The Balaban J connectivity index is 1.74. The van der Waals surface area contributed by atoms with Crippen LogP contribution in [0.15, 0.2) is 53.4 Å². The molecule has 2 aromatic carbocycles. The third-order valence-corrected chi connectivity index (χ3v) is 7.41. The van der Waals surface area contributed by atoms with Gasteiger partial charge in [0, 0.05) is 44.0 Å². The van der Waals surface area contributed by atoms with Gasteiger partial charge in [0.05, 0.1) is 4.90 Å². The summed E-state index contributed by atoms with van der Waals surface area (Å²) in [5, 5.41) is 2.94. The maximum Gasteiger partial charge on any atom is 0.251 e. The summed E-state index contributed by atoms with van der Waals surface area (Å²) in [5.74, 6) is -0.287. The molecule has 3 rings (SSSR count). The van der Waals surface area contributed by atoms with E-state index in [-0.39, 0.29) is 16.8 Å². The Labute approximate surface area is 173 Å². The van der Waals surface area contributed by atoms with Crippen molar-refractivity contribution >= 4 is 21.6 Å². The molecule has 0 radical (unpaired) electrons. The summed E-state index contributed by atoms with van der Waals surface area (Å²) in [7, 11) is -2.09. The fourth-order valence-electron chi connectivity index (χ4n) is 3.45. The number of carbonyl (C=O) groups is 1. The minimum atomic E-state index is -3.63. The van der Waals surface area contributed by atoms with Crippen LogP contribution >= 0.6 is 0 Å². The van der Waals surface area contributed by atoms with Crippen LogP contribution in [0.25, 0.3) is 0 Å². The number of para-hydroxylation sites is 1. The second kappa shape index (κ2) is 8.97. The van der Waals surface area contributed by atoms with Crippen LogP contribution in [0.1, 0.15) is 42.6 Å². The van der Waals surface area contributed by atoms with E-state index in [1.165, 1.54) is 29.3 Å². The summed E-state index contributed by atoms with van der Waals surface area (Å²) in [4.78, 5) is 15.2. The van der Waals surface area contributed by atoms with Gasteiger partial charge >= 0.3 is 0 Å². The predicted molar refractivity (Wildman–Crippen MR) is 116 cm³/mol. The molecule has 1 heterocycles. The van der Waals surface area contributed by atoms with Crippen molar-refractivity contribution in [3.63, 3.8) is 0 Å². The Morgan fingerprint density at radius 2 is 1.79 bits per heavy atom. The number of hydrogen-bond donors (Lipinski definition) is 1. The van der Waals surface area contributed by atoms with Crippen LogP contribution < -0.4 is 10.2 Å². The van der Waals surface area contributed by atoms with Gasteiger partial charge in [0.15, 0.2) is 0 Å². The van der Waals surface area contributed by atoms with Gasteiger partial charge in [0.25, 0.3) is 5.91 Å². The lowest BCUT2D eigenvalue weighted by atomic mass is 10.1. The summed E-state index contributed by atoms with van der Waals surface area (Å²) in [6.07, 6.45) is 2.37. The van der Waals surface area contributed by atoms with Crippen LogP contribution in [0.4, 0.5) is 5.69 Å². The Morgan fingerprint density at radius 1 is 1.10 bits per heavy atom. The van der Waals surface area contributed by atoms with E-state index in [9.17, 15) is 13.2 Å². The number of hydrogen-bond acceptors (Lipinski definition) is 4. The predicted octanol–water partition coefficient (Wildman–Crippen LogP) is 3.25. The normalized spacial score (nSPS) is 14.6. The molecule has 2 aromatic rings. The van der Waals surface area contributed by atoms with Crippen molar-refractivity contribution in [1.82, 2.24) is 9.62 Å². The van der Waals surface area contributed by atoms with Crippen molar-refractivity contribution in [1.29, 1.82) is 0 Å². The van der Waals surface area contributed by atoms with Gasteiger partial charge in [0.1, 0.15) is 0 Å². The lowest BCUT2D eigenvalue weighted by molar-refractivity contribution is 0.0950. The largest absolute Gasteiger partial charge is 0.371 e. The number of nitrogens with one attached hydrogen (secondary N) is 1. The molecule has 1 aliphatic rings. The lowest BCUT2D eigenvalue weighted by Gasteiger charge is -2.22. The van der Waals surface area contributed by atoms with Crippen LogP contribution in [0, 0.1) is 0 Å². The second-order valence-corrected chi connectivity index (χ2v) is 9.65. The van der Waals surface area contributed by atoms with Gasteiger partial charge in [-0.3, -0.25) is 4.79 Å². The average Bonchev–Trinajstić information content (AvgIpc) is 3.26. The molecule has 1 N–H and O–H groups in total. The zero-order valence-corrected chi connectivity index (χ0v) is 18.1. The molecule has 6 nitrogen and oxygen atoms in total. The highest BCUT2D eigenvalue weighted by Gasteiger charge is 2.24. The van der Waals surface area contributed by atoms with Crippen molar-refractivity contribution in [2.75, 3.05) is 25.0 Å². The van der Waals surface area contributed by atoms with Gasteiger partial charge in [-0.25, -0.2) is 8.42 Å². The highest BCUT2D eigenvalue weighted by molar-refractivity contribution is 7.89. The molecular formula is C22H29N3O3S. The standard InChI is InChI=1S/C22H29N3O3S/c1-17(2)24(3)29(27,28)20-11-8-10-18(15-20)22(26)23-16-19-9-4-5-12-21(19)25-13-6-7-14-25/h4-5,8-12,15,17H,6-7,13-14,16H2,1-3H3,(H,23,26). The molecule has 0 aliphatic carbocycles. The van der Waals surface area contributed by atoms with Crippen LogP contribution in [-0.4, -0.2) is 44.8 Å². The van der Waals surface area contributed by atoms with E-state index >= 15 is 0 Å². The van der Waals surface area contributed by atoms with Crippen LogP contribution in [0.5, 0.6) is 0 Å². The summed E-state index contributed by atoms with van der Waals surface area (Å²) in [5.41, 5.74) is 2.55. The first-order valence-electron chi connectivity index (χ1n) is 10.00. The molecule has 0 spiro atoms. The van der Waals surface area contributed by atoms with Crippen molar-refractivity contribution in [3.05, 3.63) is 59.7 Å². The zero-order valence-electron chi connectivity index (χ0n) is 17.3. The summed E-state index contributed by atoms with van der Waals surface area (Å²) >= 11 is 0. The Kier molecular flexibility index (Phi) is 6.59. The first kappa shape index (κ1) is 21.3. The first-order valence-corrected chi connectivity index (χ1v) is 11.4. The van der Waals surface area contributed by atoms with Crippen LogP contribution in [0.3, 0.4) is 0 Å². The van der Waals surface area contributed by atoms with Gasteiger partial charge in [-0.15, -0.1) is 0 Å². The topological polar surface area (TPSA) is 69.7 Å². The molecule has 7 heteroatoms. The molecule has 156 valence electrons. The fourth-order valence-corrected chi connectivity index (χ4v) is 4.86. The first-order chi connectivity index (χ1) is 13.8. The van der Waals surface area contributed by atoms with E-state index in [0.29, 0.717) is 12.1 Å². The third-order valence-electron chi connectivity index (χ3n) is 5.38. The summed E-state index contributed by atoms with van der Waals surface area (Å²) in [6.45, 7) is 6.09. The third kappa shape index (κ3) is 4.79. The second-order valence-electron chi connectivity index (χ2n) is 7.65. The van der Waals surface area contributed by atoms with Crippen molar-refractivity contribution < 1.29 is 13.2 Å². The van der Waals surface area contributed by atoms with E-state index in [1.54, 1.807) is 19.2 Å². The molecule has 1 saturated heterocycles. The van der Waals surface area contributed by atoms with Crippen LogP contribution in [-0.2, 0) is 16.6 Å². The number of nitrogens with zero attached hydrogens (tertiary/aromatic N) is 2. The van der Waals surface area contributed by atoms with Gasteiger partial charge in [-0.1, -0.05) is 24.3 Å². The Bertz CT molecular complexity index is 967. The Hall–Kier alpha value is -2.38. The lowest BCUT2D eigenvalue weighted by Crippen LogP contribution is -2.33. The molecule has 1 fully saturated rings. The molecule has 0 bridgehead atoms. The van der Waals surface area contributed by atoms with Gasteiger partial charge in [0.2, 0.25) is 10.0 Å². The average molecular weight is 416 g/mol. The molecule has 0 aromatic heterocycles. The number of benzene rings is 2. The van der Waals surface area contributed by atoms with Crippen molar-refractivity contribution in [2.45, 2.75) is 44.2 Å². The number of amides is 1. The van der Waals surface area contributed by atoms with Gasteiger partial charge < -0.3 is 10.2 Å². The molecule has 1 aliphatic heterocycles. The van der Waals surface area contributed by atoms with E-state index in [1.807, 2.05) is 32.0 Å². The molecule has 29 heavy (non-hydrogen) atoms. The van der Waals surface area contributed by atoms with E-state index in [4.69, 9.17) is 0 Å². The summed E-state index contributed by atoms with van der Waals surface area (Å²) < 4.78 is 26.7. The number of anilines is 1. The van der Waals surface area contributed by atoms with Gasteiger partial charge in [-0.05, 0) is 56.5 Å². The Morgan fingerprint density at radius 3 is 2.48 bits per heavy atom. The molecule has 0 saturated carbocycles. The van der Waals surface area contributed by atoms with E-state index < -0.39 is 10.0 Å². The van der Waals surface area contributed by atoms with E-state index in [0.717, 1.165) is 24.3 Å². The minimum Gasteiger partial charge on any atom is -0.371 e. The summed E-state index contributed by atoms with van der Waals surface area (Å²) in [6, 6.07) is 14.1. The molecule has 1 amide bonds. The molecular weight excluding hydrogens is 386 g/mol. The maximum absolute atomic E-state index is 12.7.